The highest BCUT2D eigenvalue weighted by atomic mass is 15.2. The summed E-state index contributed by atoms with van der Waals surface area (Å²) in [6, 6.07) is 9.27. The number of benzene rings is 1. The van der Waals surface area contributed by atoms with Crippen molar-refractivity contribution in [3.05, 3.63) is 53.3 Å². The molecule has 3 heteroatoms. The first-order chi connectivity index (χ1) is 9.40. The van der Waals surface area contributed by atoms with Gasteiger partial charge in [0.05, 0.1) is 6.20 Å². The zero-order valence-electron chi connectivity index (χ0n) is 13.1. The van der Waals surface area contributed by atoms with E-state index in [9.17, 15) is 0 Å². The van der Waals surface area contributed by atoms with Gasteiger partial charge in [0.25, 0.3) is 0 Å². The second kappa shape index (κ2) is 5.80. The largest absolute Gasteiger partial charge is 0.313 e. The minimum Gasteiger partial charge on any atom is -0.313 e. The first kappa shape index (κ1) is 14.8. The van der Waals surface area contributed by atoms with Crippen LogP contribution in [0.3, 0.4) is 0 Å². The standard InChI is InChI=1S/C17H25N3/c1-17(2,3)15-8-6-13(7-9-15)10-16(18-4)14-11-19-20(5)12-14/h6-9,11-12,16,18H,10H2,1-5H3. The molecule has 1 aromatic heterocycles. The fourth-order valence-electron chi connectivity index (χ4n) is 2.38. The molecule has 3 nitrogen and oxygen atoms in total. The highest BCUT2D eigenvalue weighted by Gasteiger charge is 2.15. The Morgan fingerprint density at radius 2 is 1.85 bits per heavy atom. The molecule has 0 saturated heterocycles. The molecule has 0 amide bonds. The number of aromatic nitrogens is 2. The van der Waals surface area contributed by atoms with Gasteiger partial charge >= 0.3 is 0 Å². The summed E-state index contributed by atoms with van der Waals surface area (Å²) in [4.78, 5) is 0. The van der Waals surface area contributed by atoms with Gasteiger partial charge < -0.3 is 5.32 Å². The van der Waals surface area contributed by atoms with Crippen LogP contribution in [0.4, 0.5) is 0 Å². The van der Waals surface area contributed by atoms with Gasteiger partial charge in [-0.1, -0.05) is 45.0 Å². The van der Waals surface area contributed by atoms with E-state index < -0.39 is 0 Å². The Bertz CT molecular complexity index is 546. The van der Waals surface area contributed by atoms with Gasteiger partial charge in [-0.3, -0.25) is 4.68 Å². The van der Waals surface area contributed by atoms with Gasteiger partial charge in [0.15, 0.2) is 0 Å². The Hall–Kier alpha value is -1.61. The maximum atomic E-state index is 4.25. The van der Waals surface area contributed by atoms with Gasteiger partial charge in [-0.15, -0.1) is 0 Å². The molecule has 0 aliphatic rings. The molecule has 1 unspecified atom stereocenters. The van der Waals surface area contributed by atoms with E-state index in [1.54, 1.807) is 0 Å². The summed E-state index contributed by atoms with van der Waals surface area (Å²) in [5.74, 6) is 0. The third-order valence-electron chi connectivity index (χ3n) is 3.74. The van der Waals surface area contributed by atoms with Crippen molar-refractivity contribution in [3.8, 4) is 0 Å². The molecule has 1 heterocycles. The Morgan fingerprint density at radius 1 is 1.20 bits per heavy atom. The third-order valence-corrected chi connectivity index (χ3v) is 3.74. The van der Waals surface area contributed by atoms with E-state index >= 15 is 0 Å². The zero-order valence-corrected chi connectivity index (χ0v) is 13.1. The number of nitrogens with zero attached hydrogens (tertiary/aromatic N) is 2. The molecular formula is C17H25N3. The molecule has 0 radical (unpaired) electrons. The highest BCUT2D eigenvalue weighted by Crippen LogP contribution is 2.24. The van der Waals surface area contributed by atoms with Crippen LogP contribution in [-0.2, 0) is 18.9 Å². The number of hydrogen-bond acceptors (Lipinski definition) is 2. The summed E-state index contributed by atoms with van der Waals surface area (Å²) >= 11 is 0. The van der Waals surface area contributed by atoms with E-state index in [0.717, 1.165) is 6.42 Å². The highest BCUT2D eigenvalue weighted by molar-refractivity contribution is 5.29. The summed E-state index contributed by atoms with van der Waals surface area (Å²) in [5.41, 5.74) is 4.17. The average molecular weight is 271 g/mol. The van der Waals surface area contributed by atoms with Crippen molar-refractivity contribution in [2.24, 2.45) is 7.05 Å². The van der Waals surface area contributed by atoms with E-state index in [1.165, 1.54) is 16.7 Å². The van der Waals surface area contributed by atoms with E-state index in [4.69, 9.17) is 0 Å². The monoisotopic (exact) mass is 271 g/mol. The van der Waals surface area contributed by atoms with Gasteiger partial charge in [0.2, 0.25) is 0 Å². The van der Waals surface area contributed by atoms with Crippen molar-refractivity contribution in [3.63, 3.8) is 0 Å². The van der Waals surface area contributed by atoms with Gasteiger partial charge in [-0.25, -0.2) is 0 Å². The lowest BCUT2D eigenvalue weighted by molar-refractivity contribution is 0.583. The second-order valence-corrected chi connectivity index (χ2v) is 6.44. The lowest BCUT2D eigenvalue weighted by Gasteiger charge is -2.20. The van der Waals surface area contributed by atoms with Crippen molar-refractivity contribution in [1.82, 2.24) is 15.1 Å². The van der Waals surface area contributed by atoms with Crippen LogP contribution in [0.5, 0.6) is 0 Å². The van der Waals surface area contributed by atoms with Gasteiger partial charge in [0, 0.05) is 24.8 Å². The molecule has 20 heavy (non-hydrogen) atoms. The number of aryl methyl sites for hydroxylation is 1. The number of likely N-dealkylation sites (N-methyl/N-ethyl adjacent to an activating group) is 1. The number of rotatable bonds is 4. The number of hydrogen-bond donors (Lipinski definition) is 1. The molecule has 1 aromatic carbocycles. The first-order valence-electron chi connectivity index (χ1n) is 7.15. The van der Waals surface area contributed by atoms with Crippen LogP contribution in [0, 0.1) is 0 Å². The molecule has 1 N–H and O–H groups in total. The fourth-order valence-corrected chi connectivity index (χ4v) is 2.38. The van der Waals surface area contributed by atoms with Crippen LogP contribution in [-0.4, -0.2) is 16.8 Å². The SMILES string of the molecule is CNC(Cc1ccc(C(C)(C)C)cc1)c1cnn(C)c1. The molecule has 0 aliphatic heterocycles. The zero-order chi connectivity index (χ0) is 14.8. The minimum absolute atomic E-state index is 0.213. The molecular weight excluding hydrogens is 246 g/mol. The van der Waals surface area contributed by atoms with Crippen LogP contribution < -0.4 is 5.32 Å². The number of nitrogens with one attached hydrogen (secondary N) is 1. The topological polar surface area (TPSA) is 29.9 Å². The van der Waals surface area contributed by atoms with Gasteiger partial charge in [-0.05, 0) is 30.0 Å². The van der Waals surface area contributed by atoms with Crippen molar-refractivity contribution in [2.45, 2.75) is 38.6 Å². The predicted molar refractivity (Wildman–Crippen MR) is 83.9 cm³/mol. The Labute approximate surface area is 122 Å². The van der Waals surface area contributed by atoms with E-state index in [2.05, 4.69) is 61.6 Å². The summed E-state index contributed by atoms with van der Waals surface area (Å²) in [7, 11) is 3.95. The van der Waals surface area contributed by atoms with E-state index in [1.807, 2.05) is 25.0 Å². The molecule has 0 spiro atoms. The van der Waals surface area contributed by atoms with Crippen LogP contribution in [0.25, 0.3) is 0 Å². The second-order valence-electron chi connectivity index (χ2n) is 6.44. The third kappa shape index (κ3) is 3.48. The van der Waals surface area contributed by atoms with Crippen LogP contribution >= 0.6 is 0 Å². The molecule has 108 valence electrons. The Balaban J connectivity index is 2.12. The minimum atomic E-state index is 0.213. The Morgan fingerprint density at radius 3 is 2.30 bits per heavy atom. The molecule has 0 fully saturated rings. The molecule has 0 aliphatic carbocycles. The predicted octanol–water partition coefficient (Wildman–Crippen LogP) is 3.22. The Kier molecular flexibility index (Phi) is 4.29. The fraction of sp³-hybridized carbons (Fsp3) is 0.471. The van der Waals surface area contributed by atoms with Gasteiger partial charge in [-0.2, -0.15) is 5.10 Å². The molecule has 0 saturated carbocycles. The smallest absolute Gasteiger partial charge is 0.0537 e. The van der Waals surface area contributed by atoms with Crippen molar-refractivity contribution in [2.75, 3.05) is 7.05 Å². The molecule has 2 aromatic rings. The summed E-state index contributed by atoms with van der Waals surface area (Å²) in [6.07, 6.45) is 4.99. The van der Waals surface area contributed by atoms with E-state index in [-0.39, 0.29) is 5.41 Å². The van der Waals surface area contributed by atoms with Crippen molar-refractivity contribution in [1.29, 1.82) is 0 Å². The van der Waals surface area contributed by atoms with Crippen molar-refractivity contribution < 1.29 is 0 Å². The molecule has 2 rings (SSSR count). The van der Waals surface area contributed by atoms with Crippen LogP contribution in [0.1, 0.15) is 43.5 Å². The molecule has 1 atom stereocenters. The maximum Gasteiger partial charge on any atom is 0.0537 e. The lowest BCUT2D eigenvalue weighted by atomic mass is 9.86. The summed E-state index contributed by atoms with van der Waals surface area (Å²) in [6.45, 7) is 6.73. The van der Waals surface area contributed by atoms with Crippen LogP contribution in [0.2, 0.25) is 0 Å². The van der Waals surface area contributed by atoms with Crippen molar-refractivity contribution >= 4 is 0 Å². The van der Waals surface area contributed by atoms with Crippen LogP contribution in [0.15, 0.2) is 36.7 Å². The summed E-state index contributed by atoms with van der Waals surface area (Å²) < 4.78 is 1.85. The quantitative estimate of drug-likeness (QED) is 0.925. The van der Waals surface area contributed by atoms with E-state index in [0.29, 0.717) is 6.04 Å². The maximum absolute atomic E-state index is 4.25. The average Bonchev–Trinajstić information content (AvgIpc) is 2.82. The summed E-state index contributed by atoms with van der Waals surface area (Å²) in [5, 5.41) is 7.62. The normalized spacial score (nSPS) is 13.4. The first-order valence-corrected chi connectivity index (χ1v) is 7.15. The molecule has 0 bridgehead atoms. The van der Waals surface area contributed by atoms with Gasteiger partial charge in [0.1, 0.15) is 0 Å². The lowest BCUT2D eigenvalue weighted by Crippen LogP contribution is -2.18.